The summed E-state index contributed by atoms with van der Waals surface area (Å²) < 4.78 is 0. The van der Waals surface area contributed by atoms with Crippen molar-refractivity contribution in [2.45, 2.75) is 0 Å². The molecular weight excluding hydrogens is 591 g/mol. The van der Waals surface area contributed by atoms with E-state index in [0.717, 1.165) is 0 Å². The van der Waals surface area contributed by atoms with Crippen LogP contribution in [-0.2, 0) is 0 Å². The molecule has 0 aromatic rings. The molecule has 0 N–H and O–H groups in total. The Balaban J connectivity index is -0.0000000135. The van der Waals surface area contributed by atoms with Crippen LogP contribution in [0.15, 0.2) is 0 Å². The second kappa shape index (κ2) is 37.3. The predicted octanol–water partition coefficient (Wildman–Crippen LogP) is -13.0. The van der Waals surface area contributed by atoms with E-state index in [-0.39, 0.29) is 186 Å². The maximum atomic E-state index is 8.42. The standard InChI is InChI=1S/3BO3.Eu.3Sr/c3*2-1(3)4;;;;/q3*-3;+3;3*+2. The van der Waals surface area contributed by atoms with Crippen LogP contribution in [0.2, 0.25) is 0 Å². The van der Waals surface area contributed by atoms with Gasteiger partial charge in [-0.05, 0) is 0 Å². The van der Waals surface area contributed by atoms with E-state index in [1.807, 2.05) is 0 Å². The summed E-state index contributed by atoms with van der Waals surface area (Å²) in [6.07, 6.45) is 0. The summed E-state index contributed by atoms with van der Waals surface area (Å²) in [5.41, 5.74) is 0. The minimum Gasteiger partial charge on any atom is -0.907 e. The third kappa shape index (κ3) is 206. The van der Waals surface area contributed by atoms with Crippen LogP contribution in [-0.4, -0.2) is 158 Å². The first kappa shape index (κ1) is 43.1. The second-order valence-electron chi connectivity index (χ2n) is 0.866. The van der Waals surface area contributed by atoms with Crippen molar-refractivity contribution in [3.63, 3.8) is 0 Å². The molecule has 0 spiro atoms. The fraction of sp³-hybridized carbons (Fsp3) is 0. The zero-order valence-electron chi connectivity index (χ0n) is 7.91. The molecule has 0 heterocycles. The van der Waals surface area contributed by atoms with Crippen LogP contribution < -0.4 is 45.2 Å². The summed E-state index contributed by atoms with van der Waals surface area (Å²) in [5.74, 6) is 0. The Bertz CT molecular complexity index is 54.5. The molecule has 0 aromatic carbocycles. The van der Waals surface area contributed by atoms with Crippen molar-refractivity contribution in [1.29, 1.82) is 0 Å². The fourth-order valence-corrected chi connectivity index (χ4v) is 0. The van der Waals surface area contributed by atoms with Crippen LogP contribution in [0, 0.1) is 49.4 Å². The zero-order valence-corrected chi connectivity index (χ0v) is 20.8. The number of rotatable bonds is 0. The largest absolute Gasteiger partial charge is 3.00 e. The van der Waals surface area contributed by atoms with Gasteiger partial charge < -0.3 is 45.2 Å². The Morgan fingerprint density at radius 1 is 0.375 bits per heavy atom. The molecular formula is B3EuO9Sr3. The van der Waals surface area contributed by atoms with Crippen LogP contribution in [0.5, 0.6) is 0 Å². The molecule has 0 amide bonds. The summed E-state index contributed by atoms with van der Waals surface area (Å²) in [7, 11) is -8.75. The molecule has 0 aliphatic rings. The van der Waals surface area contributed by atoms with Gasteiger partial charge in [-0.3, -0.25) is 22.0 Å². The van der Waals surface area contributed by atoms with Gasteiger partial charge in [-0.25, -0.2) is 0 Å². The summed E-state index contributed by atoms with van der Waals surface area (Å²) >= 11 is 0. The third-order valence-electron chi connectivity index (χ3n) is 0. The minimum atomic E-state index is -2.92. The maximum absolute atomic E-state index is 8.42. The van der Waals surface area contributed by atoms with Gasteiger partial charge in [0, 0.05) is 0 Å². The molecule has 0 bridgehead atoms. The van der Waals surface area contributed by atoms with Gasteiger partial charge in [0.05, 0.1) is 0 Å². The minimum absolute atomic E-state index is 0. The molecule has 9 nitrogen and oxygen atoms in total. The van der Waals surface area contributed by atoms with Gasteiger partial charge in [-0.2, -0.15) is 0 Å². The molecule has 0 aliphatic carbocycles. The van der Waals surface area contributed by atoms with E-state index in [1.165, 1.54) is 0 Å². The van der Waals surface area contributed by atoms with Crippen molar-refractivity contribution in [2.24, 2.45) is 0 Å². The van der Waals surface area contributed by atoms with E-state index in [4.69, 9.17) is 45.2 Å². The normalized spacial score (nSPS) is 5.06. The summed E-state index contributed by atoms with van der Waals surface area (Å²) in [6, 6.07) is 0. The molecule has 0 saturated heterocycles. The Labute approximate surface area is 246 Å². The van der Waals surface area contributed by atoms with Gasteiger partial charge >= 0.3 is 186 Å². The Hall–Kier alpha value is 5.86. The Morgan fingerprint density at radius 3 is 0.375 bits per heavy atom. The van der Waals surface area contributed by atoms with Crippen LogP contribution >= 0.6 is 0 Å². The fourth-order valence-electron chi connectivity index (χ4n) is 0. The van der Waals surface area contributed by atoms with Crippen LogP contribution in [0.1, 0.15) is 0 Å². The number of hydrogen-bond acceptors (Lipinski definition) is 9. The first-order valence-electron chi connectivity index (χ1n) is 2.12. The average molecular weight is 591 g/mol. The molecule has 0 fully saturated rings. The molecule has 0 saturated carbocycles. The Kier molecular flexibility index (Phi) is 100. The SMILES string of the molecule is [Eu+3].[O-]B([O-])[O-].[O-]B([O-])[O-].[O-]B([O-])[O-].[Sr+2].[Sr+2].[Sr+2]. The van der Waals surface area contributed by atoms with Gasteiger partial charge in [0.15, 0.2) is 0 Å². The van der Waals surface area contributed by atoms with Gasteiger partial charge in [-0.1, -0.05) is 0 Å². The van der Waals surface area contributed by atoms with E-state index < -0.39 is 22.0 Å². The van der Waals surface area contributed by atoms with Crippen molar-refractivity contribution in [3.8, 4) is 0 Å². The molecule has 16 heavy (non-hydrogen) atoms. The first-order chi connectivity index (χ1) is 5.20. The van der Waals surface area contributed by atoms with Crippen molar-refractivity contribution in [2.75, 3.05) is 0 Å². The van der Waals surface area contributed by atoms with Crippen molar-refractivity contribution in [1.82, 2.24) is 0 Å². The van der Waals surface area contributed by atoms with Crippen molar-refractivity contribution >= 4 is 158 Å². The quantitative estimate of drug-likeness (QED) is 0.245. The second-order valence-corrected chi connectivity index (χ2v) is 0.866. The van der Waals surface area contributed by atoms with Crippen molar-refractivity contribution < 1.29 is 94.6 Å². The number of hydrogen-bond donors (Lipinski definition) is 0. The Morgan fingerprint density at radius 2 is 0.375 bits per heavy atom. The smallest absolute Gasteiger partial charge is 0.907 e. The molecule has 76 valence electrons. The van der Waals surface area contributed by atoms with E-state index in [0.29, 0.717) is 0 Å². The molecule has 0 unspecified atom stereocenters. The van der Waals surface area contributed by atoms with Gasteiger partial charge in [-0.15, -0.1) is 0 Å². The predicted molar refractivity (Wildman–Crippen MR) is 34.5 cm³/mol. The summed E-state index contributed by atoms with van der Waals surface area (Å²) in [6.45, 7) is 0. The molecule has 0 atom stereocenters. The average Bonchev–Trinajstić information content (AvgIpc) is 1.54. The van der Waals surface area contributed by atoms with E-state index in [2.05, 4.69) is 0 Å². The van der Waals surface area contributed by atoms with Gasteiger partial charge in [0.1, 0.15) is 0 Å². The summed E-state index contributed by atoms with van der Waals surface area (Å²) in [5, 5.41) is 75.8. The van der Waals surface area contributed by atoms with Crippen LogP contribution in [0.4, 0.5) is 0 Å². The zero-order chi connectivity index (χ0) is 10.7. The monoisotopic (exact) mass is 594 g/mol. The van der Waals surface area contributed by atoms with Crippen LogP contribution in [0.3, 0.4) is 0 Å². The van der Waals surface area contributed by atoms with Crippen LogP contribution in [0.25, 0.3) is 0 Å². The third-order valence-corrected chi connectivity index (χ3v) is 0. The maximum Gasteiger partial charge on any atom is 3.00 e. The topological polar surface area (TPSA) is 208 Å². The molecule has 0 rings (SSSR count). The summed E-state index contributed by atoms with van der Waals surface area (Å²) in [4.78, 5) is 0. The first-order valence-corrected chi connectivity index (χ1v) is 2.12. The van der Waals surface area contributed by atoms with Gasteiger partial charge in [0.2, 0.25) is 0 Å². The molecule has 0 radical (unpaired) electrons. The molecule has 16 heteroatoms. The van der Waals surface area contributed by atoms with E-state index >= 15 is 0 Å². The van der Waals surface area contributed by atoms with Crippen molar-refractivity contribution in [3.05, 3.63) is 0 Å². The molecule has 0 aliphatic heterocycles. The molecule has 0 aromatic heterocycles. The van der Waals surface area contributed by atoms with Gasteiger partial charge in [0.25, 0.3) is 0 Å². The van der Waals surface area contributed by atoms with E-state index in [9.17, 15) is 0 Å². The van der Waals surface area contributed by atoms with E-state index in [1.54, 1.807) is 0 Å².